The third kappa shape index (κ3) is 5.90. The number of benzene rings is 4. The summed E-state index contributed by atoms with van der Waals surface area (Å²) in [5.74, 6) is -0.957. The van der Waals surface area contributed by atoms with Crippen LogP contribution in [0.2, 0.25) is 0 Å². The molecule has 0 saturated carbocycles. The number of Topliss-reactive ketones (excluding diaryl/α,β-unsaturated/α-hetero) is 1. The summed E-state index contributed by atoms with van der Waals surface area (Å²) >= 11 is 0. The molecule has 0 bridgehead atoms. The summed E-state index contributed by atoms with van der Waals surface area (Å²) in [5, 5.41) is 0. The molecule has 9 heteroatoms. The van der Waals surface area contributed by atoms with Crippen LogP contribution >= 0.6 is 0 Å². The minimum absolute atomic E-state index is 0.0388. The first-order chi connectivity index (χ1) is 21.4. The first-order valence-corrected chi connectivity index (χ1v) is 18.1. The third-order valence-corrected chi connectivity index (χ3v) is 13.1. The molecule has 2 aliphatic heterocycles. The number of hydrogen-bond donors (Lipinski definition) is 0. The minimum atomic E-state index is -4.09. The van der Waals surface area contributed by atoms with Gasteiger partial charge in [0.05, 0.1) is 21.9 Å². The Bertz CT molecular complexity index is 1920. The van der Waals surface area contributed by atoms with Crippen LogP contribution in [0, 0.1) is 33.6 Å². The van der Waals surface area contributed by atoms with Crippen LogP contribution in [0.3, 0.4) is 0 Å². The summed E-state index contributed by atoms with van der Waals surface area (Å²) in [5.41, 5.74) is 5.42. The second kappa shape index (κ2) is 11.9. The monoisotopic (exact) mass is 642 g/mol. The van der Waals surface area contributed by atoms with Gasteiger partial charge in [-0.1, -0.05) is 95.1 Å². The van der Waals surface area contributed by atoms with Crippen molar-refractivity contribution in [3.63, 3.8) is 0 Å². The molecule has 2 heterocycles. The molecule has 2 aliphatic rings. The molecular formula is C36H38N2O5S2. The molecular weight excluding hydrogens is 605 g/mol. The predicted octanol–water partition coefficient (Wildman–Crippen LogP) is 6.45. The van der Waals surface area contributed by atoms with Gasteiger partial charge >= 0.3 is 0 Å². The zero-order chi connectivity index (χ0) is 32.1. The Morgan fingerprint density at radius 3 is 1.42 bits per heavy atom. The van der Waals surface area contributed by atoms with Gasteiger partial charge in [-0.05, 0) is 69.5 Å². The van der Waals surface area contributed by atoms with E-state index in [0.717, 1.165) is 33.4 Å². The van der Waals surface area contributed by atoms with Crippen LogP contribution in [0.5, 0.6) is 0 Å². The summed E-state index contributed by atoms with van der Waals surface area (Å²) in [7, 11) is -8.12. The molecule has 0 aromatic heterocycles. The topological polar surface area (TPSA) is 91.8 Å². The van der Waals surface area contributed by atoms with E-state index in [1.165, 1.54) is 8.61 Å². The van der Waals surface area contributed by atoms with Crippen molar-refractivity contribution < 1.29 is 21.6 Å². The van der Waals surface area contributed by atoms with Crippen LogP contribution in [0.15, 0.2) is 107 Å². The Balaban J connectivity index is 1.51. The van der Waals surface area contributed by atoms with E-state index in [1.54, 1.807) is 48.5 Å². The van der Waals surface area contributed by atoms with E-state index < -0.39 is 44.1 Å². The van der Waals surface area contributed by atoms with Crippen molar-refractivity contribution in [3.05, 3.63) is 130 Å². The van der Waals surface area contributed by atoms with Crippen molar-refractivity contribution in [1.29, 1.82) is 0 Å². The highest BCUT2D eigenvalue weighted by molar-refractivity contribution is 7.89. The summed E-state index contributed by atoms with van der Waals surface area (Å²) in [6.07, 6.45) is 0.0982. The maximum absolute atomic E-state index is 14.6. The van der Waals surface area contributed by atoms with Crippen molar-refractivity contribution in [2.24, 2.45) is 5.92 Å². The number of carbonyl (C=O) groups excluding carboxylic acids is 1. The number of fused-ring (bicyclic) bond motifs is 1. The average Bonchev–Trinajstić information content (AvgIpc) is 3.01. The lowest BCUT2D eigenvalue weighted by molar-refractivity contribution is -0.132. The maximum Gasteiger partial charge on any atom is 0.243 e. The van der Waals surface area contributed by atoms with Crippen LogP contribution < -0.4 is 0 Å². The highest BCUT2D eigenvalue weighted by Gasteiger charge is 2.54. The first-order valence-electron chi connectivity index (χ1n) is 15.2. The van der Waals surface area contributed by atoms with Gasteiger partial charge in [0.15, 0.2) is 0 Å². The van der Waals surface area contributed by atoms with Crippen LogP contribution in [-0.2, 0) is 24.8 Å². The normalized spacial score (nSPS) is 23.1. The van der Waals surface area contributed by atoms with Crippen molar-refractivity contribution >= 4 is 25.8 Å². The van der Waals surface area contributed by atoms with Crippen LogP contribution in [0.4, 0.5) is 0 Å². The SMILES string of the molecule is Cc1ccc([C@@H]2C[C@H]3[C@@H](CN2S(=O)(=O)c2ccc(C)cc2)C(=O)C[C@@H](c2ccc(C)cc2)N3S(=O)(=O)c2ccc(C)cc2)cc1. The first kappa shape index (κ1) is 31.4. The van der Waals surface area contributed by atoms with Gasteiger partial charge in [0, 0.05) is 24.9 Å². The fourth-order valence-electron chi connectivity index (χ4n) is 6.65. The van der Waals surface area contributed by atoms with E-state index in [4.69, 9.17) is 0 Å². The molecule has 0 radical (unpaired) electrons. The lowest BCUT2D eigenvalue weighted by atomic mass is 9.77. The van der Waals surface area contributed by atoms with Gasteiger partial charge in [-0.25, -0.2) is 16.8 Å². The summed E-state index contributed by atoms with van der Waals surface area (Å²) < 4.78 is 60.7. The molecule has 0 N–H and O–H groups in total. The largest absolute Gasteiger partial charge is 0.299 e. The van der Waals surface area contributed by atoms with Gasteiger partial charge in [0.2, 0.25) is 20.0 Å². The number of aryl methyl sites for hydroxylation is 4. The van der Waals surface area contributed by atoms with Gasteiger partial charge in [-0.2, -0.15) is 8.61 Å². The Hall–Kier alpha value is -3.63. The zero-order valence-corrected chi connectivity index (χ0v) is 27.6. The molecule has 4 aromatic carbocycles. The fraction of sp³-hybridized carbons (Fsp3) is 0.306. The number of rotatable bonds is 6. The van der Waals surface area contributed by atoms with Gasteiger partial charge in [0.1, 0.15) is 5.78 Å². The molecule has 45 heavy (non-hydrogen) atoms. The predicted molar refractivity (Wildman–Crippen MR) is 175 cm³/mol. The van der Waals surface area contributed by atoms with Crippen LogP contribution in [-0.4, -0.2) is 43.8 Å². The highest BCUT2D eigenvalue weighted by Crippen LogP contribution is 2.48. The molecule has 4 aromatic rings. The lowest BCUT2D eigenvalue weighted by Crippen LogP contribution is -2.60. The molecule has 0 unspecified atom stereocenters. The van der Waals surface area contributed by atoms with Gasteiger partial charge < -0.3 is 0 Å². The van der Waals surface area contributed by atoms with E-state index >= 15 is 0 Å². The number of sulfonamides is 2. The van der Waals surface area contributed by atoms with Gasteiger partial charge in [-0.3, -0.25) is 4.79 Å². The molecule has 4 atom stereocenters. The standard InChI is InChI=1S/C36H38N2O5S2/c1-24-5-13-28(14-6-24)33-21-35-32(23-37(33)44(40,41)30-17-9-26(3)10-18-30)36(39)22-34(29-15-7-25(2)8-16-29)38(35)45(42,43)31-19-11-27(4)12-20-31/h5-20,32-35H,21-23H2,1-4H3/t32-,33+,34+,35+/m1/s1. The molecule has 7 nitrogen and oxygen atoms in total. The Morgan fingerprint density at radius 1 is 0.556 bits per heavy atom. The van der Waals surface area contributed by atoms with E-state index in [2.05, 4.69) is 0 Å². The number of ketones is 1. The molecule has 234 valence electrons. The number of piperidine rings is 2. The molecule has 2 saturated heterocycles. The maximum atomic E-state index is 14.6. The summed E-state index contributed by atoms with van der Waals surface area (Å²) in [6, 6.07) is 26.6. The lowest BCUT2D eigenvalue weighted by Gasteiger charge is -2.51. The van der Waals surface area contributed by atoms with E-state index in [1.807, 2.05) is 76.2 Å². The number of nitrogens with zero attached hydrogens (tertiary/aromatic N) is 2. The Morgan fingerprint density at radius 2 is 0.956 bits per heavy atom. The van der Waals surface area contributed by atoms with Gasteiger partial charge in [-0.15, -0.1) is 0 Å². The van der Waals surface area contributed by atoms with E-state index in [0.29, 0.717) is 0 Å². The van der Waals surface area contributed by atoms with Crippen molar-refractivity contribution in [2.75, 3.05) is 6.54 Å². The number of carbonyl (C=O) groups is 1. The fourth-order valence-corrected chi connectivity index (χ4v) is 10.1. The summed E-state index contributed by atoms with van der Waals surface area (Å²) in [6.45, 7) is 7.61. The Kier molecular flexibility index (Phi) is 8.33. The molecule has 6 rings (SSSR count). The van der Waals surface area contributed by atoms with Gasteiger partial charge in [0.25, 0.3) is 0 Å². The minimum Gasteiger partial charge on any atom is -0.299 e. The van der Waals surface area contributed by atoms with Crippen molar-refractivity contribution in [1.82, 2.24) is 8.61 Å². The van der Waals surface area contributed by atoms with Crippen molar-refractivity contribution in [3.8, 4) is 0 Å². The molecule has 2 fully saturated rings. The summed E-state index contributed by atoms with van der Waals surface area (Å²) in [4.78, 5) is 14.3. The average molecular weight is 643 g/mol. The third-order valence-electron chi connectivity index (χ3n) is 9.24. The van der Waals surface area contributed by atoms with Crippen LogP contribution in [0.25, 0.3) is 0 Å². The molecule has 0 spiro atoms. The smallest absolute Gasteiger partial charge is 0.243 e. The second-order valence-electron chi connectivity index (χ2n) is 12.5. The van der Waals surface area contributed by atoms with E-state index in [9.17, 15) is 21.6 Å². The quantitative estimate of drug-likeness (QED) is 0.241. The highest BCUT2D eigenvalue weighted by atomic mass is 32.2. The Labute approximate surface area is 266 Å². The zero-order valence-electron chi connectivity index (χ0n) is 25.9. The van der Waals surface area contributed by atoms with E-state index in [-0.39, 0.29) is 35.0 Å². The van der Waals surface area contributed by atoms with Crippen molar-refractivity contribution in [2.45, 2.75) is 68.5 Å². The number of hydrogen-bond acceptors (Lipinski definition) is 5. The molecule has 0 aliphatic carbocycles. The second-order valence-corrected chi connectivity index (χ2v) is 16.2. The molecule has 0 amide bonds. The van der Waals surface area contributed by atoms with Crippen LogP contribution in [0.1, 0.15) is 58.3 Å².